The molecule has 1 N–H and O–H groups in total. The van der Waals surface area contributed by atoms with E-state index in [0.29, 0.717) is 18.1 Å². The van der Waals surface area contributed by atoms with Gasteiger partial charge < -0.3 is 5.32 Å². The molecular formula is C15H17N3O2. The van der Waals surface area contributed by atoms with Crippen LogP contribution in [0.2, 0.25) is 0 Å². The number of nitro groups is 1. The van der Waals surface area contributed by atoms with E-state index in [-0.39, 0.29) is 5.69 Å². The summed E-state index contributed by atoms with van der Waals surface area (Å²) in [6.45, 7) is 4.41. The fraction of sp³-hybridized carbons (Fsp3) is 0.267. The maximum absolute atomic E-state index is 10.7. The first kappa shape index (κ1) is 14.0. The van der Waals surface area contributed by atoms with Crippen LogP contribution in [0.15, 0.2) is 36.4 Å². The van der Waals surface area contributed by atoms with Crippen LogP contribution in [0.1, 0.15) is 23.7 Å². The van der Waals surface area contributed by atoms with Crippen molar-refractivity contribution in [1.29, 1.82) is 0 Å². The van der Waals surface area contributed by atoms with Crippen molar-refractivity contribution < 1.29 is 4.92 Å². The Labute approximate surface area is 117 Å². The highest BCUT2D eigenvalue weighted by molar-refractivity contribution is 5.45. The molecule has 0 radical (unpaired) electrons. The van der Waals surface area contributed by atoms with Crippen LogP contribution in [0.3, 0.4) is 0 Å². The lowest BCUT2D eigenvalue weighted by Crippen LogP contribution is -2.03. The van der Waals surface area contributed by atoms with E-state index in [1.807, 2.05) is 0 Å². The van der Waals surface area contributed by atoms with Gasteiger partial charge in [-0.25, -0.2) is 4.98 Å². The van der Waals surface area contributed by atoms with E-state index in [1.165, 1.54) is 11.6 Å². The molecule has 0 amide bonds. The van der Waals surface area contributed by atoms with Gasteiger partial charge in [0.25, 0.3) is 5.69 Å². The number of aryl methyl sites for hydroxylation is 2. The van der Waals surface area contributed by atoms with Gasteiger partial charge in [0.2, 0.25) is 0 Å². The Bertz CT molecular complexity index is 609. The van der Waals surface area contributed by atoms with Crippen LogP contribution in [0.5, 0.6) is 0 Å². The molecule has 2 aromatic rings. The van der Waals surface area contributed by atoms with Crippen molar-refractivity contribution in [1.82, 2.24) is 4.98 Å². The average molecular weight is 271 g/mol. The second kappa shape index (κ2) is 6.14. The molecule has 1 aromatic heterocycles. The SMILES string of the molecule is CCc1ccc(CNc2ccc([N+](=O)[O-])c(C)n2)cc1. The molecule has 2 rings (SSSR count). The van der Waals surface area contributed by atoms with E-state index >= 15 is 0 Å². The lowest BCUT2D eigenvalue weighted by Gasteiger charge is -2.07. The zero-order valence-corrected chi connectivity index (χ0v) is 11.6. The minimum Gasteiger partial charge on any atom is -0.366 e. The second-order valence-corrected chi connectivity index (χ2v) is 4.58. The van der Waals surface area contributed by atoms with E-state index < -0.39 is 4.92 Å². The van der Waals surface area contributed by atoms with Crippen molar-refractivity contribution in [3.8, 4) is 0 Å². The Morgan fingerprint density at radius 1 is 1.15 bits per heavy atom. The quantitative estimate of drug-likeness (QED) is 0.667. The highest BCUT2D eigenvalue weighted by Gasteiger charge is 2.11. The summed E-state index contributed by atoms with van der Waals surface area (Å²) >= 11 is 0. The van der Waals surface area contributed by atoms with E-state index in [2.05, 4.69) is 41.5 Å². The summed E-state index contributed by atoms with van der Waals surface area (Å²) in [7, 11) is 0. The largest absolute Gasteiger partial charge is 0.366 e. The molecule has 0 aliphatic rings. The van der Waals surface area contributed by atoms with Gasteiger partial charge in [-0.15, -0.1) is 0 Å². The Morgan fingerprint density at radius 3 is 2.35 bits per heavy atom. The van der Waals surface area contributed by atoms with Crippen LogP contribution in [0.25, 0.3) is 0 Å². The number of nitrogens with zero attached hydrogens (tertiary/aromatic N) is 2. The molecular weight excluding hydrogens is 254 g/mol. The van der Waals surface area contributed by atoms with Gasteiger partial charge in [0.1, 0.15) is 11.5 Å². The molecule has 1 aromatic carbocycles. The summed E-state index contributed by atoms with van der Waals surface area (Å²) in [4.78, 5) is 14.5. The number of pyridine rings is 1. The highest BCUT2D eigenvalue weighted by Crippen LogP contribution is 2.18. The van der Waals surface area contributed by atoms with Crippen LogP contribution < -0.4 is 5.32 Å². The minimum atomic E-state index is -0.421. The standard InChI is InChI=1S/C15H17N3O2/c1-3-12-4-6-13(7-5-12)10-16-15-9-8-14(18(19)20)11(2)17-15/h4-9H,3,10H2,1-2H3,(H,16,17). The highest BCUT2D eigenvalue weighted by atomic mass is 16.6. The Morgan fingerprint density at radius 2 is 1.80 bits per heavy atom. The average Bonchev–Trinajstić information content (AvgIpc) is 2.45. The van der Waals surface area contributed by atoms with Crippen molar-refractivity contribution in [2.24, 2.45) is 0 Å². The molecule has 0 spiro atoms. The van der Waals surface area contributed by atoms with E-state index in [1.54, 1.807) is 13.0 Å². The zero-order chi connectivity index (χ0) is 14.5. The van der Waals surface area contributed by atoms with Gasteiger partial charge in [-0.2, -0.15) is 0 Å². The fourth-order valence-corrected chi connectivity index (χ4v) is 1.93. The minimum absolute atomic E-state index is 0.0443. The van der Waals surface area contributed by atoms with Crippen molar-refractivity contribution in [3.63, 3.8) is 0 Å². The van der Waals surface area contributed by atoms with Crippen molar-refractivity contribution >= 4 is 11.5 Å². The van der Waals surface area contributed by atoms with Gasteiger partial charge in [-0.1, -0.05) is 31.2 Å². The molecule has 0 aliphatic heterocycles. The number of aromatic nitrogens is 1. The molecule has 0 saturated carbocycles. The molecule has 0 saturated heterocycles. The van der Waals surface area contributed by atoms with Gasteiger partial charge in [0, 0.05) is 12.6 Å². The third kappa shape index (κ3) is 3.32. The molecule has 5 heteroatoms. The third-order valence-electron chi connectivity index (χ3n) is 3.16. The van der Waals surface area contributed by atoms with Gasteiger partial charge in [-0.05, 0) is 30.5 Å². The summed E-state index contributed by atoms with van der Waals surface area (Å²) in [6, 6.07) is 11.5. The van der Waals surface area contributed by atoms with Crippen LogP contribution >= 0.6 is 0 Å². The van der Waals surface area contributed by atoms with Gasteiger partial charge in [0.05, 0.1) is 4.92 Å². The van der Waals surface area contributed by atoms with E-state index in [4.69, 9.17) is 0 Å². The van der Waals surface area contributed by atoms with Crippen LogP contribution in [-0.4, -0.2) is 9.91 Å². The van der Waals surface area contributed by atoms with Gasteiger partial charge >= 0.3 is 0 Å². The van der Waals surface area contributed by atoms with Crippen molar-refractivity contribution in [2.75, 3.05) is 5.32 Å². The first-order chi connectivity index (χ1) is 9.60. The molecule has 0 fully saturated rings. The Balaban J connectivity index is 2.03. The molecule has 1 heterocycles. The summed E-state index contributed by atoms with van der Waals surface area (Å²) in [6.07, 6.45) is 1.02. The number of hydrogen-bond donors (Lipinski definition) is 1. The van der Waals surface area contributed by atoms with Crippen LogP contribution in [-0.2, 0) is 13.0 Å². The molecule has 104 valence electrons. The van der Waals surface area contributed by atoms with Crippen LogP contribution in [0.4, 0.5) is 11.5 Å². The maximum Gasteiger partial charge on any atom is 0.290 e. The zero-order valence-electron chi connectivity index (χ0n) is 11.6. The number of hydrogen-bond acceptors (Lipinski definition) is 4. The maximum atomic E-state index is 10.7. The molecule has 5 nitrogen and oxygen atoms in total. The molecule has 20 heavy (non-hydrogen) atoms. The number of rotatable bonds is 5. The third-order valence-corrected chi connectivity index (χ3v) is 3.16. The van der Waals surface area contributed by atoms with Crippen molar-refractivity contribution in [3.05, 3.63) is 63.3 Å². The van der Waals surface area contributed by atoms with E-state index in [9.17, 15) is 10.1 Å². The summed E-state index contributed by atoms with van der Waals surface area (Å²) < 4.78 is 0. The topological polar surface area (TPSA) is 68.1 Å². The van der Waals surface area contributed by atoms with Crippen molar-refractivity contribution in [2.45, 2.75) is 26.8 Å². The summed E-state index contributed by atoms with van der Waals surface area (Å²) in [5, 5.41) is 13.9. The number of nitrogens with one attached hydrogen (secondary N) is 1. The normalized spacial score (nSPS) is 10.3. The lowest BCUT2D eigenvalue weighted by atomic mass is 10.1. The Hall–Kier alpha value is -2.43. The monoisotopic (exact) mass is 271 g/mol. The lowest BCUT2D eigenvalue weighted by molar-refractivity contribution is -0.385. The molecule has 0 atom stereocenters. The first-order valence-corrected chi connectivity index (χ1v) is 6.54. The molecule has 0 aliphatic carbocycles. The Kier molecular flexibility index (Phi) is 4.30. The van der Waals surface area contributed by atoms with Gasteiger partial charge in [-0.3, -0.25) is 10.1 Å². The van der Waals surface area contributed by atoms with Crippen LogP contribution in [0, 0.1) is 17.0 Å². The van der Waals surface area contributed by atoms with E-state index in [0.717, 1.165) is 12.0 Å². The summed E-state index contributed by atoms with van der Waals surface area (Å²) in [5.41, 5.74) is 2.92. The number of benzene rings is 1. The second-order valence-electron chi connectivity index (χ2n) is 4.58. The molecule has 0 bridgehead atoms. The fourth-order valence-electron chi connectivity index (χ4n) is 1.93. The smallest absolute Gasteiger partial charge is 0.290 e. The molecule has 0 unspecified atom stereocenters. The number of anilines is 1. The predicted octanol–water partition coefficient (Wildman–Crippen LogP) is 3.47. The summed E-state index contributed by atoms with van der Waals surface area (Å²) in [5.74, 6) is 0.646. The van der Waals surface area contributed by atoms with Gasteiger partial charge in [0.15, 0.2) is 0 Å². The first-order valence-electron chi connectivity index (χ1n) is 6.54. The predicted molar refractivity (Wildman–Crippen MR) is 78.8 cm³/mol.